The maximum atomic E-state index is 5.84. The van der Waals surface area contributed by atoms with Crippen molar-refractivity contribution in [1.29, 1.82) is 0 Å². The molecule has 3 aromatic rings. The van der Waals surface area contributed by atoms with Crippen LogP contribution in [0.1, 0.15) is 18.9 Å². The Hall–Kier alpha value is -1.70. The number of nitrogens with one attached hydrogen (secondary N) is 1. The van der Waals surface area contributed by atoms with Gasteiger partial charge in [-0.1, -0.05) is 53.2 Å². The lowest BCUT2D eigenvalue weighted by Crippen LogP contribution is -2.00. The van der Waals surface area contributed by atoms with Crippen LogP contribution in [0.4, 0.5) is 5.13 Å². The lowest BCUT2D eigenvalue weighted by molar-refractivity contribution is 0.315. The number of ether oxygens (including phenoxy) is 1. The third-order valence-electron chi connectivity index (χ3n) is 3.43. The van der Waals surface area contributed by atoms with Gasteiger partial charge in [0.2, 0.25) is 5.13 Å². The molecular formula is C19H17Br2N3OS. The minimum Gasteiger partial charge on any atom is -0.492 e. The molecule has 0 fully saturated rings. The fraction of sp³-hybridized carbons (Fsp3) is 0.158. The Labute approximate surface area is 173 Å². The first-order valence-corrected chi connectivity index (χ1v) is 10.6. The summed E-state index contributed by atoms with van der Waals surface area (Å²) in [5.74, 6) is 0.782. The molecule has 134 valence electrons. The lowest BCUT2D eigenvalue weighted by Gasteiger charge is -2.11. The number of thiazole rings is 1. The second-order valence-electron chi connectivity index (χ2n) is 5.43. The van der Waals surface area contributed by atoms with Crippen molar-refractivity contribution in [3.63, 3.8) is 0 Å². The Balaban J connectivity index is 1.74. The Morgan fingerprint density at radius 1 is 1.23 bits per heavy atom. The highest BCUT2D eigenvalue weighted by atomic mass is 79.9. The molecule has 3 rings (SSSR count). The summed E-state index contributed by atoms with van der Waals surface area (Å²) >= 11 is 8.57. The summed E-state index contributed by atoms with van der Waals surface area (Å²) in [6.45, 7) is 2.73. The van der Waals surface area contributed by atoms with Gasteiger partial charge in [0.05, 0.1) is 23.0 Å². The van der Waals surface area contributed by atoms with Crippen LogP contribution in [0.15, 0.2) is 61.9 Å². The van der Waals surface area contributed by atoms with Gasteiger partial charge in [0, 0.05) is 21.0 Å². The second-order valence-corrected chi connectivity index (χ2v) is 8.06. The van der Waals surface area contributed by atoms with E-state index in [0.717, 1.165) is 43.1 Å². The molecule has 0 saturated heterocycles. The number of hydrogen-bond donors (Lipinski definition) is 1. The van der Waals surface area contributed by atoms with Crippen LogP contribution in [0.2, 0.25) is 0 Å². The molecule has 2 aromatic carbocycles. The van der Waals surface area contributed by atoms with Gasteiger partial charge < -0.3 is 4.74 Å². The van der Waals surface area contributed by atoms with Gasteiger partial charge in [-0.15, -0.1) is 11.3 Å². The predicted octanol–water partition coefficient (Wildman–Crippen LogP) is 6.57. The maximum Gasteiger partial charge on any atom is 0.203 e. The van der Waals surface area contributed by atoms with Crippen LogP contribution in [0, 0.1) is 0 Å². The van der Waals surface area contributed by atoms with E-state index in [1.807, 2.05) is 47.8 Å². The zero-order chi connectivity index (χ0) is 18.4. The van der Waals surface area contributed by atoms with Crippen LogP contribution in [-0.2, 0) is 0 Å². The van der Waals surface area contributed by atoms with Crippen molar-refractivity contribution in [2.75, 3.05) is 12.0 Å². The highest BCUT2D eigenvalue weighted by molar-refractivity contribution is 9.11. The van der Waals surface area contributed by atoms with Crippen molar-refractivity contribution in [1.82, 2.24) is 4.98 Å². The monoisotopic (exact) mass is 493 g/mol. The minimum atomic E-state index is 0.654. The van der Waals surface area contributed by atoms with Crippen molar-refractivity contribution in [2.45, 2.75) is 13.3 Å². The average molecular weight is 495 g/mol. The lowest BCUT2D eigenvalue weighted by atomic mass is 10.2. The molecule has 4 nitrogen and oxygen atoms in total. The third kappa shape index (κ3) is 4.93. The fourth-order valence-corrected chi connectivity index (χ4v) is 4.30. The van der Waals surface area contributed by atoms with E-state index in [2.05, 4.69) is 54.3 Å². The number of hydrogen-bond acceptors (Lipinski definition) is 5. The van der Waals surface area contributed by atoms with E-state index in [0.29, 0.717) is 6.61 Å². The average Bonchev–Trinajstić information content (AvgIpc) is 3.11. The smallest absolute Gasteiger partial charge is 0.203 e. The van der Waals surface area contributed by atoms with Gasteiger partial charge in [0.1, 0.15) is 5.75 Å². The number of anilines is 1. The van der Waals surface area contributed by atoms with Crippen LogP contribution in [0.5, 0.6) is 5.75 Å². The van der Waals surface area contributed by atoms with Crippen molar-refractivity contribution in [2.24, 2.45) is 5.10 Å². The maximum absolute atomic E-state index is 5.84. The van der Waals surface area contributed by atoms with Gasteiger partial charge in [-0.3, -0.25) is 5.43 Å². The molecule has 0 aliphatic carbocycles. The van der Waals surface area contributed by atoms with E-state index in [1.54, 1.807) is 6.21 Å². The Morgan fingerprint density at radius 2 is 2.04 bits per heavy atom. The first kappa shape index (κ1) is 19.1. The molecule has 0 unspecified atom stereocenters. The van der Waals surface area contributed by atoms with Crippen molar-refractivity contribution in [3.05, 3.63) is 62.4 Å². The standard InChI is InChI=1S/C19H17Br2N3OS/c1-2-8-25-18-14(9-15(20)10-16(18)21)11-22-24-19-23-17(12-26-19)13-6-4-3-5-7-13/h3-7,9-12H,2,8H2,1H3,(H,23,24). The minimum absolute atomic E-state index is 0.654. The van der Waals surface area contributed by atoms with Crippen molar-refractivity contribution >= 4 is 54.5 Å². The van der Waals surface area contributed by atoms with Crippen LogP contribution >= 0.6 is 43.2 Å². The number of aromatic nitrogens is 1. The first-order chi connectivity index (χ1) is 12.7. The quantitative estimate of drug-likeness (QED) is 0.298. The van der Waals surface area contributed by atoms with E-state index in [4.69, 9.17) is 4.74 Å². The van der Waals surface area contributed by atoms with Crippen molar-refractivity contribution in [3.8, 4) is 17.0 Å². The largest absolute Gasteiger partial charge is 0.492 e. The number of hydrazone groups is 1. The fourth-order valence-electron chi connectivity index (χ4n) is 2.26. The summed E-state index contributed by atoms with van der Waals surface area (Å²) in [6, 6.07) is 14.0. The molecule has 0 atom stereocenters. The molecule has 7 heteroatoms. The summed E-state index contributed by atoms with van der Waals surface area (Å²) in [5.41, 5.74) is 5.90. The summed E-state index contributed by atoms with van der Waals surface area (Å²) < 4.78 is 7.68. The van der Waals surface area contributed by atoms with Crippen LogP contribution < -0.4 is 10.2 Å². The number of nitrogens with zero attached hydrogens (tertiary/aromatic N) is 2. The van der Waals surface area contributed by atoms with Gasteiger partial charge in [-0.05, 0) is 34.5 Å². The number of benzene rings is 2. The molecule has 26 heavy (non-hydrogen) atoms. The van der Waals surface area contributed by atoms with E-state index < -0.39 is 0 Å². The Morgan fingerprint density at radius 3 is 2.81 bits per heavy atom. The molecule has 0 saturated carbocycles. The first-order valence-electron chi connectivity index (χ1n) is 8.09. The Bertz CT molecular complexity index is 897. The van der Waals surface area contributed by atoms with Crippen LogP contribution in [-0.4, -0.2) is 17.8 Å². The molecule has 0 spiro atoms. The molecule has 1 N–H and O–H groups in total. The van der Waals surface area contributed by atoms with Gasteiger partial charge >= 0.3 is 0 Å². The van der Waals surface area contributed by atoms with E-state index in [-0.39, 0.29) is 0 Å². The molecular weight excluding hydrogens is 478 g/mol. The summed E-state index contributed by atoms with van der Waals surface area (Å²) in [6.07, 6.45) is 2.68. The van der Waals surface area contributed by atoms with E-state index >= 15 is 0 Å². The highest BCUT2D eigenvalue weighted by Crippen LogP contribution is 2.32. The topological polar surface area (TPSA) is 46.5 Å². The second kappa shape index (κ2) is 9.30. The van der Waals surface area contributed by atoms with Gasteiger partial charge in [0.15, 0.2) is 0 Å². The molecule has 1 heterocycles. The zero-order valence-corrected chi connectivity index (χ0v) is 18.1. The Kier molecular flexibility index (Phi) is 6.82. The summed E-state index contributed by atoms with van der Waals surface area (Å²) in [4.78, 5) is 4.56. The van der Waals surface area contributed by atoms with E-state index in [9.17, 15) is 0 Å². The predicted molar refractivity (Wildman–Crippen MR) is 116 cm³/mol. The van der Waals surface area contributed by atoms with Crippen LogP contribution in [0.25, 0.3) is 11.3 Å². The summed E-state index contributed by atoms with van der Waals surface area (Å²) in [5, 5.41) is 7.07. The van der Waals surface area contributed by atoms with Gasteiger partial charge in [0.25, 0.3) is 0 Å². The number of halogens is 2. The molecule has 0 bridgehead atoms. The summed E-state index contributed by atoms with van der Waals surface area (Å²) in [7, 11) is 0. The molecule has 0 aliphatic rings. The molecule has 0 aliphatic heterocycles. The molecule has 0 radical (unpaired) electrons. The number of rotatable bonds is 7. The highest BCUT2D eigenvalue weighted by Gasteiger charge is 2.09. The normalized spacial score (nSPS) is 11.0. The van der Waals surface area contributed by atoms with Gasteiger partial charge in [-0.25, -0.2) is 4.98 Å². The van der Waals surface area contributed by atoms with Crippen LogP contribution in [0.3, 0.4) is 0 Å². The van der Waals surface area contributed by atoms with E-state index in [1.165, 1.54) is 11.3 Å². The third-order valence-corrected chi connectivity index (χ3v) is 5.22. The molecule has 1 aromatic heterocycles. The van der Waals surface area contributed by atoms with Gasteiger partial charge in [-0.2, -0.15) is 5.10 Å². The SMILES string of the molecule is CCCOc1c(Br)cc(Br)cc1C=NNc1nc(-c2ccccc2)cs1. The van der Waals surface area contributed by atoms with Crippen molar-refractivity contribution < 1.29 is 4.74 Å². The molecule has 0 amide bonds. The zero-order valence-electron chi connectivity index (χ0n) is 14.1.